The highest BCUT2D eigenvalue weighted by atomic mass is 32.2. The highest BCUT2D eigenvalue weighted by Crippen LogP contribution is 2.30. The average Bonchev–Trinajstić information content (AvgIpc) is 2.37. The van der Waals surface area contributed by atoms with Crippen molar-refractivity contribution in [1.29, 1.82) is 0 Å². The van der Waals surface area contributed by atoms with Crippen LogP contribution in [0.5, 0.6) is 0 Å². The molecule has 1 N–H and O–H groups in total. The summed E-state index contributed by atoms with van der Waals surface area (Å²) >= 11 is 0. The van der Waals surface area contributed by atoms with Gasteiger partial charge in [-0.3, -0.25) is 0 Å². The summed E-state index contributed by atoms with van der Waals surface area (Å²) in [5, 5.41) is 13.0. The Morgan fingerprint density at radius 2 is 2.15 bits per heavy atom. The van der Waals surface area contributed by atoms with E-state index in [1.54, 1.807) is 6.92 Å². The predicted octanol–water partition coefficient (Wildman–Crippen LogP) is 1.61. The third-order valence-electron chi connectivity index (χ3n) is 3.17. The van der Waals surface area contributed by atoms with Gasteiger partial charge in [0.05, 0.1) is 21.9 Å². The van der Waals surface area contributed by atoms with Gasteiger partial charge in [-0.25, -0.2) is 13.2 Å². The molecule has 1 aliphatic heterocycles. The Morgan fingerprint density at radius 3 is 2.75 bits per heavy atom. The van der Waals surface area contributed by atoms with E-state index in [2.05, 4.69) is 5.16 Å². The minimum Gasteiger partial charge on any atom is -0.478 e. The van der Waals surface area contributed by atoms with E-state index in [9.17, 15) is 13.2 Å². The number of benzene rings is 1. The molecule has 6 nitrogen and oxygen atoms in total. The Balaban J connectivity index is 2.71. The van der Waals surface area contributed by atoms with Crippen molar-refractivity contribution in [3.8, 4) is 0 Å². The number of aromatic carboxylic acids is 1. The van der Waals surface area contributed by atoms with Gasteiger partial charge in [-0.15, -0.1) is 0 Å². The van der Waals surface area contributed by atoms with E-state index in [1.807, 2.05) is 0 Å². The minimum absolute atomic E-state index is 0.00927. The van der Waals surface area contributed by atoms with E-state index in [0.29, 0.717) is 17.9 Å². The van der Waals surface area contributed by atoms with Crippen LogP contribution in [0.3, 0.4) is 0 Å². The summed E-state index contributed by atoms with van der Waals surface area (Å²) < 4.78 is 24.4. The maximum atomic E-state index is 12.2. The molecule has 1 aromatic carbocycles. The predicted molar refractivity (Wildman–Crippen MR) is 73.0 cm³/mol. The molecule has 108 valence electrons. The second-order valence-corrected chi connectivity index (χ2v) is 6.49. The number of carboxylic acid groups (broad SMARTS) is 1. The number of hydrogen-bond acceptors (Lipinski definition) is 5. The minimum atomic E-state index is -3.49. The fourth-order valence-electron chi connectivity index (χ4n) is 2.26. The van der Waals surface area contributed by atoms with Crippen molar-refractivity contribution >= 4 is 21.5 Å². The topological polar surface area (TPSA) is 93.0 Å². The van der Waals surface area contributed by atoms with Crippen LogP contribution in [0.1, 0.15) is 34.8 Å². The van der Waals surface area contributed by atoms with Crippen molar-refractivity contribution in [1.82, 2.24) is 0 Å². The zero-order valence-electron chi connectivity index (χ0n) is 11.2. The molecule has 2 rings (SSSR count). The summed E-state index contributed by atoms with van der Waals surface area (Å²) in [6, 6.07) is 2.89. The van der Waals surface area contributed by atoms with Crippen LogP contribution in [0.2, 0.25) is 0 Å². The molecule has 0 amide bonds. The van der Waals surface area contributed by atoms with Gasteiger partial charge in [0, 0.05) is 12.0 Å². The Labute approximate surface area is 117 Å². The maximum absolute atomic E-state index is 12.2. The van der Waals surface area contributed by atoms with Crippen LogP contribution in [0, 0.1) is 6.92 Å². The average molecular weight is 297 g/mol. The van der Waals surface area contributed by atoms with Crippen LogP contribution in [-0.2, 0) is 14.7 Å². The van der Waals surface area contributed by atoms with E-state index >= 15 is 0 Å². The lowest BCUT2D eigenvalue weighted by Crippen LogP contribution is -2.24. The molecule has 0 atom stereocenters. The van der Waals surface area contributed by atoms with Gasteiger partial charge in [0.2, 0.25) is 0 Å². The van der Waals surface area contributed by atoms with Crippen LogP contribution >= 0.6 is 0 Å². The summed E-state index contributed by atoms with van der Waals surface area (Å²) in [5.74, 6) is -1.23. The van der Waals surface area contributed by atoms with Gasteiger partial charge in [0.1, 0.15) is 6.61 Å². The lowest BCUT2D eigenvalue weighted by molar-refractivity contribution is 0.0696. The van der Waals surface area contributed by atoms with Crippen molar-refractivity contribution in [2.24, 2.45) is 5.16 Å². The molecule has 1 aromatic rings. The fourth-order valence-corrected chi connectivity index (χ4v) is 4.02. The van der Waals surface area contributed by atoms with Crippen molar-refractivity contribution in [2.75, 3.05) is 12.4 Å². The number of carboxylic acids is 1. The first-order valence-electron chi connectivity index (χ1n) is 6.17. The molecule has 0 saturated carbocycles. The SMILES string of the molecule is CCON=C1CCS(=O)(=O)c2c1ccc(C(=O)O)c2C. The van der Waals surface area contributed by atoms with Gasteiger partial charge >= 0.3 is 5.97 Å². The van der Waals surface area contributed by atoms with Gasteiger partial charge in [0.15, 0.2) is 9.84 Å². The molecule has 0 radical (unpaired) electrons. The molecule has 0 unspecified atom stereocenters. The first-order valence-corrected chi connectivity index (χ1v) is 7.82. The molecule has 0 bridgehead atoms. The van der Waals surface area contributed by atoms with Crippen LogP contribution in [0.15, 0.2) is 22.2 Å². The lowest BCUT2D eigenvalue weighted by Gasteiger charge is -2.20. The number of carbonyl (C=O) groups is 1. The Morgan fingerprint density at radius 1 is 1.45 bits per heavy atom. The first kappa shape index (κ1) is 14.5. The van der Waals surface area contributed by atoms with E-state index in [0.717, 1.165) is 0 Å². The molecule has 1 heterocycles. The highest BCUT2D eigenvalue weighted by Gasteiger charge is 2.31. The molecule has 0 spiro atoms. The van der Waals surface area contributed by atoms with Crippen LogP contribution in [0.4, 0.5) is 0 Å². The van der Waals surface area contributed by atoms with Crippen molar-refractivity contribution in [3.63, 3.8) is 0 Å². The number of sulfone groups is 1. The lowest BCUT2D eigenvalue weighted by atomic mass is 10.0. The maximum Gasteiger partial charge on any atom is 0.335 e. The summed E-state index contributed by atoms with van der Waals surface area (Å²) in [5.41, 5.74) is 1.22. The van der Waals surface area contributed by atoms with Crippen LogP contribution in [0.25, 0.3) is 0 Å². The zero-order chi connectivity index (χ0) is 14.9. The molecule has 0 fully saturated rings. The van der Waals surface area contributed by atoms with Crippen molar-refractivity contribution in [2.45, 2.75) is 25.2 Å². The van der Waals surface area contributed by atoms with Gasteiger partial charge in [-0.1, -0.05) is 11.2 Å². The molecule has 20 heavy (non-hydrogen) atoms. The normalized spacial score (nSPS) is 18.6. The van der Waals surface area contributed by atoms with Crippen molar-refractivity contribution in [3.05, 3.63) is 28.8 Å². The second kappa shape index (κ2) is 5.24. The number of hydrogen-bond donors (Lipinski definition) is 1. The molecular weight excluding hydrogens is 282 g/mol. The van der Waals surface area contributed by atoms with Crippen LogP contribution in [-0.4, -0.2) is 37.6 Å². The van der Waals surface area contributed by atoms with E-state index in [4.69, 9.17) is 9.94 Å². The smallest absolute Gasteiger partial charge is 0.335 e. The van der Waals surface area contributed by atoms with Gasteiger partial charge in [-0.05, 0) is 25.5 Å². The second-order valence-electron chi connectivity index (χ2n) is 4.44. The number of nitrogens with zero attached hydrogens (tertiary/aromatic N) is 1. The summed E-state index contributed by atoms with van der Waals surface area (Å²) in [6.07, 6.45) is 0.265. The molecule has 0 aromatic heterocycles. The third-order valence-corrected chi connectivity index (χ3v) is 5.06. The fraction of sp³-hybridized carbons (Fsp3) is 0.385. The number of fused-ring (bicyclic) bond motifs is 1. The molecular formula is C13H15NO5S. The molecule has 1 aliphatic rings. The third kappa shape index (κ3) is 2.40. The Hall–Kier alpha value is -1.89. The first-order chi connectivity index (χ1) is 9.38. The van der Waals surface area contributed by atoms with E-state index in [1.165, 1.54) is 19.1 Å². The van der Waals surface area contributed by atoms with Gasteiger partial charge < -0.3 is 9.94 Å². The standard InChI is InChI=1S/C13H15NO5S/c1-3-19-14-11-6-7-20(17,18)12-8(2)9(13(15)16)4-5-10(11)12/h4-5H,3,6-7H2,1-2H3,(H,15,16). The quantitative estimate of drug-likeness (QED) is 0.856. The largest absolute Gasteiger partial charge is 0.478 e. The summed E-state index contributed by atoms with van der Waals surface area (Å²) in [7, 11) is -3.49. The number of oxime groups is 1. The Bertz CT molecular complexity index is 691. The zero-order valence-corrected chi connectivity index (χ0v) is 12.0. The molecule has 0 saturated heterocycles. The number of rotatable bonds is 3. The van der Waals surface area contributed by atoms with Gasteiger partial charge in [-0.2, -0.15) is 0 Å². The molecule has 7 heteroatoms. The summed E-state index contributed by atoms with van der Waals surface area (Å²) in [4.78, 5) is 16.2. The van der Waals surface area contributed by atoms with E-state index in [-0.39, 0.29) is 28.2 Å². The molecule has 0 aliphatic carbocycles. The monoisotopic (exact) mass is 297 g/mol. The highest BCUT2D eigenvalue weighted by molar-refractivity contribution is 7.91. The Kier molecular flexibility index (Phi) is 3.80. The van der Waals surface area contributed by atoms with Crippen LogP contribution < -0.4 is 0 Å². The van der Waals surface area contributed by atoms with Crippen molar-refractivity contribution < 1.29 is 23.2 Å². The van der Waals surface area contributed by atoms with E-state index < -0.39 is 15.8 Å². The van der Waals surface area contributed by atoms with Gasteiger partial charge in [0.25, 0.3) is 0 Å². The summed E-state index contributed by atoms with van der Waals surface area (Å²) in [6.45, 7) is 3.67.